The van der Waals surface area contributed by atoms with Gasteiger partial charge in [-0.25, -0.2) is 0 Å². The molecule has 29 heavy (non-hydrogen) atoms. The van der Waals surface area contributed by atoms with E-state index in [-0.39, 0.29) is 11.9 Å². The highest BCUT2D eigenvalue weighted by molar-refractivity contribution is 6.00. The summed E-state index contributed by atoms with van der Waals surface area (Å²) in [6.07, 6.45) is 1.96. The third-order valence-electron chi connectivity index (χ3n) is 4.81. The van der Waals surface area contributed by atoms with Crippen LogP contribution in [0.3, 0.4) is 0 Å². The first-order chi connectivity index (χ1) is 14.2. The number of aromatic nitrogens is 2. The van der Waals surface area contributed by atoms with Crippen molar-refractivity contribution in [2.24, 2.45) is 5.16 Å². The number of carbonyl (C=O) groups excluding carboxylic acids is 1. The van der Waals surface area contributed by atoms with Crippen LogP contribution in [0, 0.1) is 0 Å². The Hall–Kier alpha value is -3.74. The fraction of sp³-hybridized carbons (Fsp3) is 0.182. The van der Waals surface area contributed by atoms with E-state index in [1.54, 1.807) is 4.90 Å². The number of likely N-dealkylation sites (tertiary alicyclic amines) is 1. The molecule has 3 aromatic rings. The number of hydrogen-bond donors (Lipinski definition) is 0. The van der Waals surface area contributed by atoms with Gasteiger partial charge < -0.3 is 14.3 Å². The topological polar surface area (TPSA) is 80.8 Å². The van der Waals surface area contributed by atoms with Crippen molar-refractivity contribution < 1.29 is 14.2 Å². The van der Waals surface area contributed by atoms with Crippen molar-refractivity contribution >= 4 is 17.7 Å². The Morgan fingerprint density at radius 1 is 1.21 bits per heavy atom. The Morgan fingerprint density at radius 3 is 2.59 bits per heavy atom. The van der Waals surface area contributed by atoms with Crippen molar-refractivity contribution in [3.8, 4) is 11.1 Å². The van der Waals surface area contributed by atoms with E-state index in [4.69, 9.17) is 9.36 Å². The molecule has 0 saturated carbocycles. The highest BCUT2D eigenvalue weighted by atomic mass is 16.6. The van der Waals surface area contributed by atoms with Gasteiger partial charge >= 0.3 is 0 Å². The molecule has 4 rings (SSSR count). The number of rotatable bonds is 5. The van der Waals surface area contributed by atoms with Crippen LogP contribution in [0.25, 0.3) is 17.2 Å². The van der Waals surface area contributed by atoms with Crippen LogP contribution < -0.4 is 0 Å². The summed E-state index contributed by atoms with van der Waals surface area (Å²) >= 11 is 0. The first-order valence-corrected chi connectivity index (χ1v) is 9.21. The van der Waals surface area contributed by atoms with Gasteiger partial charge in [0, 0.05) is 12.0 Å². The van der Waals surface area contributed by atoms with Crippen LogP contribution in [-0.2, 0) is 4.84 Å². The van der Waals surface area contributed by atoms with Crippen LogP contribution >= 0.6 is 0 Å². The molecule has 1 saturated heterocycles. The fourth-order valence-corrected chi connectivity index (χ4v) is 3.41. The molecule has 0 unspecified atom stereocenters. The van der Waals surface area contributed by atoms with E-state index in [0.717, 1.165) is 16.8 Å². The Kier molecular flexibility index (Phi) is 5.20. The largest absolute Gasteiger partial charge is 0.399 e. The van der Waals surface area contributed by atoms with Crippen LogP contribution in [0.5, 0.6) is 0 Å². The summed E-state index contributed by atoms with van der Waals surface area (Å²) < 4.78 is 5.13. The molecule has 0 bridgehead atoms. The molecule has 0 N–H and O–H groups in total. The fourth-order valence-electron chi connectivity index (χ4n) is 3.41. The molecule has 7 heteroatoms. The Bertz CT molecular complexity index is 1040. The minimum atomic E-state index is -0.373. The maximum absolute atomic E-state index is 13.2. The van der Waals surface area contributed by atoms with Crippen LogP contribution in [0.1, 0.15) is 34.5 Å². The van der Waals surface area contributed by atoms with Gasteiger partial charge in [-0.2, -0.15) is 4.98 Å². The molecule has 1 atom stereocenters. The molecular formula is C22H20N4O3. The standard InChI is InChI=1S/C22H20N4O3/c1-3-20-23-21(25-29-20)19-13-18(24-28-2)14-26(19)22(27)17-11-9-16(10-12-17)15-7-5-4-6-8-15/h3-12,19H,1,13-14H2,2H3/b24-18+/t19-/m0/s1. The number of nitrogens with zero attached hydrogens (tertiary/aromatic N) is 4. The predicted octanol–water partition coefficient (Wildman–Crippen LogP) is 3.97. The van der Waals surface area contributed by atoms with E-state index in [2.05, 4.69) is 21.9 Å². The Morgan fingerprint density at radius 2 is 1.93 bits per heavy atom. The highest BCUT2D eigenvalue weighted by Gasteiger charge is 2.37. The lowest BCUT2D eigenvalue weighted by molar-refractivity contribution is 0.0732. The number of oxime groups is 1. The average molecular weight is 388 g/mol. The van der Waals surface area contributed by atoms with Gasteiger partial charge in [-0.3, -0.25) is 4.79 Å². The lowest BCUT2D eigenvalue weighted by Gasteiger charge is -2.21. The predicted molar refractivity (Wildman–Crippen MR) is 109 cm³/mol. The molecule has 0 aliphatic carbocycles. The van der Waals surface area contributed by atoms with Crippen molar-refractivity contribution in [2.45, 2.75) is 12.5 Å². The molecule has 2 heterocycles. The zero-order valence-electron chi connectivity index (χ0n) is 16.0. The van der Waals surface area contributed by atoms with Gasteiger partial charge in [0.05, 0.1) is 12.3 Å². The van der Waals surface area contributed by atoms with Gasteiger partial charge in [0.15, 0.2) is 5.82 Å². The molecule has 146 valence electrons. The van der Waals surface area contributed by atoms with E-state index in [9.17, 15) is 4.79 Å². The summed E-state index contributed by atoms with van der Waals surface area (Å²) in [5.74, 6) is 0.619. The molecule has 1 aliphatic rings. The number of benzene rings is 2. The summed E-state index contributed by atoms with van der Waals surface area (Å²) in [7, 11) is 1.49. The van der Waals surface area contributed by atoms with E-state index in [1.165, 1.54) is 13.2 Å². The first kappa shape index (κ1) is 18.6. The van der Waals surface area contributed by atoms with Crippen LogP contribution in [0.2, 0.25) is 0 Å². The van der Waals surface area contributed by atoms with E-state index >= 15 is 0 Å². The third-order valence-corrected chi connectivity index (χ3v) is 4.81. The van der Waals surface area contributed by atoms with Gasteiger partial charge in [-0.05, 0) is 29.3 Å². The molecule has 0 radical (unpaired) electrons. The van der Waals surface area contributed by atoms with Gasteiger partial charge in [0.25, 0.3) is 5.91 Å². The summed E-state index contributed by atoms with van der Waals surface area (Å²) in [6, 6.07) is 17.2. The quantitative estimate of drug-likeness (QED) is 0.618. The van der Waals surface area contributed by atoms with E-state index in [0.29, 0.717) is 30.2 Å². The molecular weight excluding hydrogens is 368 g/mol. The molecule has 2 aromatic carbocycles. The number of carbonyl (C=O) groups is 1. The summed E-state index contributed by atoms with van der Waals surface area (Å²) in [5, 5.41) is 8.02. The Labute approximate surface area is 168 Å². The maximum Gasteiger partial charge on any atom is 0.254 e. The highest BCUT2D eigenvalue weighted by Crippen LogP contribution is 2.31. The minimum absolute atomic E-state index is 0.124. The monoisotopic (exact) mass is 388 g/mol. The number of amides is 1. The van der Waals surface area contributed by atoms with Crippen molar-refractivity contribution in [1.82, 2.24) is 15.0 Å². The second kappa shape index (κ2) is 8.10. The summed E-state index contributed by atoms with van der Waals surface area (Å²) in [5.41, 5.74) is 3.48. The second-order valence-corrected chi connectivity index (χ2v) is 6.63. The average Bonchev–Trinajstić information content (AvgIpc) is 3.41. The molecule has 1 aliphatic heterocycles. The molecule has 1 fully saturated rings. The first-order valence-electron chi connectivity index (χ1n) is 9.21. The lowest BCUT2D eigenvalue weighted by Crippen LogP contribution is -2.31. The van der Waals surface area contributed by atoms with Crippen LogP contribution in [0.15, 0.2) is 70.9 Å². The van der Waals surface area contributed by atoms with E-state index < -0.39 is 0 Å². The zero-order chi connectivity index (χ0) is 20.2. The van der Waals surface area contributed by atoms with Crippen molar-refractivity contribution in [3.05, 3.63) is 78.5 Å². The van der Waals surface area contributed by atoms with Crippen molar-refractivity contribution in [3.63, 3.8) is 0 Å². The van der Waals surface area contributed by atoms with Crippen LogP contribution in [0.4, 0.5) is 0 Å². The van der Waals surface area contributed by atoms with Gasteiger partial charge in [0.2, 0.25) is 5.89 Å². The Balaban J connectivity index is 1.61. The van der Waals surface area contributed by atoms with Crippen molar-refractivity contribution in [1.29, 1.82) is 0 Å². The SMILES string of the molecule is C=Cc1nc([C@@H]2C/C(=N\OC)CN2C(=O)c2ccc(-c3ccccc3)cc2)no1. The number of hydrogen-bond acceptors (Lipinski definition) is 6. The lowest BCUT2D eigenvalue weighted by atomic mass is 10.0. The zero-order valence-corrected chi connectivity index (χ0v) is 16.0. The smallest absolute Gasteiger partial charge is 0.254 e. The molecule has 0 spiro atoms. The van der Waals surface area contributed by atoms with Crippen molar-refractivity contribution in [2.75, 3.05) is 13.7 Å². The third kappa shape index (κ3) is 3.80. The maximum atomic E-state index is 13.2. The van der Waals surface area contributed by atoms with Gasteiger partial charge in [0.1, 0.15) is 13.2 Å². The van der Waals surface area contributed by atoms with Crippen LogP contribution in [-0.4, -0.2) is 40.3 Å². The van der Waals surface area contributed by atoms with E-state index in [1.807, 2.05) is 54.6 Å². The normalized spacial score (nSPS) is 17.5. The molecule has 1 aromatic heterocycles. The summed E-state index contributed by atoms with van der Waals surface area (Å²) in [6.45, 7) is 3.97. The summed E-state index contributed by atoms with van der Waals surface area (Å²) in [4.78, 5) is 24.1. The molecule has 1 amide bonds. The minimum Gasteiger partial charge on any atom is -0.399 e. The second-order valence-electron chi connectivity index (χ2n) is 6.63. The molecule has 7 nitrogen and oxygen atoms in total. The van der Waals surface area contributed by atoms with Gasteiger partial charge in [-0.1, -0.05) is 59.4 Å². The van der Waals surface area contributed by atoms with Gasteiger partial charge in [-0.15, -0.1) is 0 Å².